The Hall–Kier alpha value is -3.19. The molecule has 0 unspecified atom stereocenters. The number of thiazole rings is 1. The number of carbonyl (C=O) groups is 2. The van der Waals surface area contributed by atoms with E-state index in [1.807, 2.05) is 29.6 Å². The molecule has 0 spiro atoms. The van der Waals surface area contributed by atoms with Crippen LogP contribution in [0.5, 0.6) is 5.75 Å². The molecule has 0 atom stereocenters. The van der Waals surface area contributed by atoms with Crippen LogP contribution < -0.4 is 10.1 Å². The van der Waals surface area contributed by atoms with E-state index in [9.17, 15) is 9.59 Å². The van der Waals surface area contributed by atoms with Gasteiger partial charge in [-0.05, 0) is 49.4 Å². The minimum atomic E-state index is -0.415. The van der Waals surface area contributed by atoms with E-state index >= 15 is 0 Å². The number of nitrogens with one attached hydrogen (secondary N) is 1. The first-order valence-electron chi connectivity index (χ1n) is 8.75. The van der Waals surface area contributed by atoms with Gasteiger partial charge in [-0.25, -0.2) is 9.78 Å². The Morgan fingerprint density at radius 2 is 1.93 bits per heavy atom. The lowest BCUT2D eigenvalue weighted by Crippen LogP contribution is -2.15. The topological polar surface area (TPSA) is 77.5 Å². The van der Waals surface area contributed by atoms with Crippen molar-refractivity contribution in [1.29, 1.82) is 0 Å². The maximum Gasteiger partial charge on any atom is 0.338 e. The summed E-state index contributed by atoms with van der Waals surface area (Å²) in [6, 6.07) is 14.3. The molecule has 2 aromatic carbocycles. The van der Waals surface area contributed by atoms with E-state index in [4.69, 9.17) is 9.47 Å². The summed E-state index contributed by atoms with van der Waals surface area (Å²) >= 11 is 1.48. The van der Waals surface area contributed by atoms with E-state index in [2.05, 4.69) is 10.3 Å². The maximum atomic E-state index is 12.3. The van der Waals surface area contributed by atoms with Crippen LogP contribution in [0.1, 0.15) is 23.0 Å². The fourth-order valence-electron chi connectivity index (χ4n) is 2.56. The molecule has 144 valence electrons. The van der Waals surface area contributed by atoms with Crippen LogP contribution in [0.2, 0.25) is 0 Å². The van der Waals surface area contributed by atoms with Crippen molar-refractivity contribution in [3.05, 3.63) is 65.2 Å². The molecule has 0 fully saturated rings. The lowest BCUT2D eigenvalue weighted by atomic mass is 10.2. The number of esters is 1. The highest BCUT2D eigenvalue weighted by molar-refractivity contribution is 7.13. The van der Waals surface area contributed by atoms with Crippen molar-refractivity contribution >= 4 is 28.9 Å². The highest BCUT2D eigenvalue weighted by atomic mass is 32.1. The van der Waals surface area contributed by atoms with Crippen LogP contribution in [-0.2, 0) is 16.0 Å². The first-order valence-corrected chi connectivity index (χ1v) is 9.63. The Labute approximate surface area is 167 Å². The molecule has 0 saturated heterocycles. The molecule has 3 rings (SSSR count). The Balaban J connectivity index is 1.63. The largest absolute Gasteiger partial charge is 0.497 e. The van der Waals surface area contributed by atoms with Crippen molar-refractivity contribution in [3.63, 3.8) is 0 Å². The predicted octanol–water partition coefficient (Wildman–Crippen LogP) is 4.18. The lowest BCUT2D eigenvalue weighted by molar-refractivity contribution is -0.115. The van der Waals surface area contributed by atoms with E-state index in [-0.39, 0.29) is 12.3 Å². The highest BCUT2D eigenvalue weighted by Gasteiger charge is 2.11. The molecule has 0 aliphatic heterocycles. The molecule has 1 heterocycles. The van der Waals surface area contributed by atoms with Crippen LogP contribution in [0.25, 0.3) is 10.6 Å². The van der Waals surface area contributed by atoms with E-state index in [0.29, 0.717) is 23.6 Å². The maximum absolute atomic E-state index is 12.3. The number of ether oxygens (including phenoxy) is 2. The molecule has 0 saturated carbocycles. The Bertz CT molecular complexity index is 967. The standard InChI is InChI=1S/C21H20N2O4S/c1-3-27-21(25)15-5-4-6-16(11-15)22-19(24)12-17-13-28-20(23-17)14-7-9-18(26-2)10-8-14/h4-11,13H,3,12H2,1-2H3,(H,22,24). The van der Waals surface area contributed by atoms with Crippen molar-refractivity contribution in [3.8, 4) is 16.3 Å². The smallest absolute Gasteiger partial charge is 0.338 e. The van der Waals surface area contributed by atoms with E-state index in [1.165, 1.54) is 11.3 Å². The van der Waals surface area contributed by atoms with Gasteiger partial charge < -0.3 is 14.8 Å². The Kier molecular flexibility index (Phi) is 6.39. The van der Waals surface area contributed by atoms with Gasteiger partial charge in [-0.2, -0.15) is 0 Å². The molecule has 0 aliphatic rings. The number of anilines is 1. The van der Waals surface area contributed by atoms with Gasteiger partial charge in [0.05, 0.1) is 31.4 Å². The van der Waals surface area contributed by atoms with Crippen molar-refractivity contribution < 1.29 is 19.1 Å². The average Bonchev–Trinajstić information content (AvgIpc) is 3.16. The molecule has 28 heavy (non-hydrogen) atoms. The summed E-state index contributed by atoms with van der Waals surface area (Å²) in [6.45, 7) is 2.05. The molecule has 0 aliphatic carbocycles. The quantitative estimate of drug-likeness (QED) is 0.606. The summed E-state index contributed by atoms with van der Waals surface area (Å²) in [6.07, 6.45) is 0.149. The third kappa shape index (κ3) is 4.95. The van der Waals surface area contributed by atoms with Gasteiger partial charge in [0.15, 0.2) is 0 Å². The van der Waals surface area contributed by atoms with E-state index in [1.54, 1.807) is 38.3 Å². The molecule has 0 radical (unpaired) electrons. The number of rotatable bonds is 7. The lowest BCUT2D eigenvalue weighted by Gasteiger charge is -2.06. The second-order valence-electron chi connectivity index (χ2n) is 5.90. The molecular weight excluding hydrogens is 376 g/mol. The van der Waals surface area contributed by atoms with Crippen molar-refractivity contribution in [1.82, 2.24) is 4.98 Å². The van der Waals surface area contributed by atoms with Gasteiger partial charge >= 0.3 is 5.97 Å². The van der Waals surface area contributed by atoms with Crippen molar-refractivity contribution in [2.24, 2.45) is 0 Å². The van der Waals surface area contributed by atoms with Crippen LogP contribution in [0.3, 0.4) is 0 Å². The Morgan fingerprint density at radius 3 is 2.64 bits per heavy atom. The van der Waals surface area contributed by atoms with E-state index < -0.39 is 5.97 Å². The zero-order chi connectivity index (χ0) is 19.9. The number of nitrogens with zero attached hydrogens (tertiary/aromatic N) is 1. The minimum absolute atomic E-state index is 0.149. The average molecular weight is 396 g/mol. The summed E-state index contributed by atoms with van der Waals surface area (Å²) < 4.78 is 10.1. The second kappa shape index (κ2) is 9.14. The third-order valence-electron chi connectivity index (χ3n) is 3.89. The number of aromatic nitrogens is 1. The number of benzene rings is 2. The zero-order valence-corrected chi connectivity index (χ0v) is 16.4. The predicted molar refractivity (Wildman–Crippen MR) is 109 cm³/mol. The molecule has 7 heteroatoms. The molecule has 1 N–H and O–H groups in total. The zero-order valence-electron chi connectivity index (χ0n) is 15.6. The fraction of sp³-hybridized carbons (Fsp3) is 0.190. The monoisotopic (exact) mass is 396 g/mol. The van der Waals surface area contributed by atoms with Crippen LogP contribution in [0.4, 0.5) is 5.69 Å². The molecule has 3 aromatic rings. The third-order valence-corrected chi connectivity index (χ3v) is 4.83. The SMILES string of the molecule is CCOC(=O)c1cccc(NC(=O)Cc2csc(-c3ccc(OC)cc3)n2)c1. The van der Waals surface area contributed by atoms with Gasteiger partial charge in [0.1, 0.15) is 10.8 Å². The summed E-state index contributed by atoms with van der Waals surface area (Å²) in [5.74, 6) is 0.166. The number of hydrogen-bond donors (Lipinski definition) is 1. The van der Waals surface area contributed by atoms with Crippen LogP contribution in [0, 0.1) is 0 Å². The van der Waals surface area contributed by atoms with Crippen LogP contribution in [0.15, 0.2) is 53.9 Å². The summed E-state index contributed by atoms with van der Waals surface area (Å²) in [4.78, 5) is 28.7. The van der Waals surface area contributed by atoms with Gasteiger partial charge in [-0.3, -0.25) is 4.79 Å². The molecule has 1 amide bonds. The van der Waals surface area contributed by atoms with Gasteiger partial charge in [-0.1, -0.05) is 6.07 Å². The summed E-state index contributed by atoms with van der Waals surface area (Å²) in [7, 11) is 1.62. The number of methoxy groups -OCH3 is 1. The fourth-order valence-corrected chi connectivity index (χ4v) is 3.39. The van der Waals surface area contributed by atoms with Crippen molar-refractivity contribution in [2.75, 3.05) is 19.0 Å². The van der Waals surface area contributed by atoms with E-state index in [0.717, 1.165) is 16.3 Å². The normalized spacial score (nSPS) is 10.4. The summed E-state index contributed by atoms with van der Waals surface area (Å²) in [5, 5.41) is 5.50. The first-order chi connectivity index (χ1) is 13.6. The van der Waals surface area contributed by atoms with Crippen LogP contribution in [-0.4, -0.2) is 30.6 Å². The van der Waals surface area contributed by atoms with Crippen LogP contribution >= 0.6 is 11.3 Å². The number of amides is 1. The molecule has 6 nitrogen and oxygen atoms in total. The minimum Gasteiger partial charge on any atom is -0.497 e. The van der Waals surface area contributed by atoms with Gasteiger partial charge in [0.25, 0.3) is 0 Å². The molecular formula is C21H20N2O4S. The van der Waals surface area contributed by atoms with Gasteiger partial charge in [0.2, 0.25) is 5.91 Å². The first kappa shape index (κ1) is 19.6. The second-order valence-corrected chi connectivity index (χ2v) is 6.76. The van der Waals surface area contributed by atoms with Gasteiger partial charge in [-0.15, -0.1) is 11.3 Å². The van der Waals surface area contributed by atoms with Crippen molar-refractivity contribution in [2.45, 2.75) is 13.3 Å². The molecule has 0 bridgehead atoms. The number of carbonyl (C=O) groups excluding carboxylic acids is 2. The molecule has 1 aromatic heterocycles. The van der Waals surface area contributed by atoms with Gasteiger partial charge in [0, 0.05) is 16.6 Å². The number of hydrogen-bond acceptors (Lipinski definition) is 6. The Morgan fingerprint density at radius 1 is 1.14 bits per heavy atom. The summed E-state index contributed by atoms with van der Waals surface area (Å²) in [5.41, 5.74) is 2.60. The highest BCUT2D eigenvalue weighted by Crippen LogP contribution is 2.26.